The van der Waals surface area contributed by atoms with Crippen molar-refractivity contribution in [2.75, 3.05) is 18.0 Å². The molecule has 2 unspecified atom stereocenters. The summed E-state index contributed by atoms with van der Waals surface area (Å²) < 4.78 is 1.16. The minimum Gasteiger partial charge on any atom is -0.353 e. The second-order valence-corrected chi connectivity index (χ2v) is 7.13. The first-order valence-corrected chi connectivity index (χ1v) is 8.53. The Morgan fingerprint density at radius 3 is 2.77 bits per heavy atom. The lowest BCUT2D eigenvalue weighted by molar-refractivity contribution is -0.00871. The fraction of sp³-hybridized carbons (Fsp3) is 0.412. The molecule has 0 radical (unpaired) electrons. The molecule has 5 heteroatoms. The quantitative estimate of drug-likeness (QED) is 0.844. The lowest BCUT2D eigenvalue weighted by atomic mass is 9.87. The highest BCUT2D eigenvalue weighted by Gasteiger charge is 2.44. The highest BCUT2D eigenvalue weighted by molar-refractivity contribution is 9.10. The van der Waals surface area contributed by atoms with Gasteiger partial charge in [0.2, 0.25) is 0 Å². The summed E-state index contributed by atoms with van der Waals surface area (Å²) in [4.78, 5) is 13.8. The number of rotatable bonds is 3. The zero-order chi connectivity index (χ0) is 15.1. The molecule has 5 rings (SSSR count). The van der Waals surface area contributed by atoms with Gasteiger partial charge in [-0.15, -0.1) is 0 Å². The number of piperazine rings is 1. The Morgan fingerprint density at radius 2 is 2.05 bits per heavy atom. The van der Waals surface area contributed by atoms with Gasteiger partial charge in [-0.1, -0.05) is 28.1 Å². The van der Waals surface area contributed by atoms with Crippen LogP contribution in [0.2, 0.25) is 0 Å². The second-order valence-electron chi connectivity index (χ2n) is 6.21. The van der Waals surface area contributed by atoms with E-state index >= 15 is 0 Å². The third-order valence-corrected chi connectivity index (χ3v) is 5.18. The third-order valence-electron chi connectivity index (χ3n) is 4.68. The lowest BCUT2D eigenvalue weighted by Crippen LogP contribution is -2.68. The van der Waals surface area contributed by atoms with Gasteiger partial charge in [-0.2, -0.15) is 0 Å². The molecule has 114 valence electrons. The molecule has 3 aliphatic rings. The van der Waals surface area contributed by atoms with E-state index in [4.69, 9.17) is 0 Å². The predicted molar refractivity (Wildman–Crippen MR) is 90.9 cm³/mol. The van der Waals surface area contributed by atoms with Crippen LogP contribution in [0, 0.1) is 6.92 Å². The topological polar surface area (TPSA) is 32.3 Å². The molecule has 0 N–H and O–H groups in total. The molecule has 0 saturated carbocycles. The summed E-state index contributed by atoms with van der Waals surface area (Å²) in [6.45, 7) is 5.14. The number of aryl methyl sites for hydroxylation is 1. The van der Waals surface area contributed by atoms with Gasteiger partial charge in [-0.3, -0.25) is 4.90 Å². The molecule has 0 aliphatic carbocycles. The largest absolute Gasteiger partial charge is 0.353 e. The van der Waals surface area contributed by atoms with Gasteiger partial charge in [0.15, 0.2) is 0 Å². The Labute approximate surface area is 139 Å². The highest BCUT2D eigenvalue weighted by atomic mass is 79.9. The number of anilines is 1. The van der Waals surface area contributed by atoms with E-state index in [9.17, 15) is 0 Å². The van der Waals surface area contributed by atoms with Crippen molar-refractivity contribution >= 4 is 21.7 Å². The molecule has 2 bridgehead atoms. The average molecular weight is 359 g/mol. The Bertz CT molecular complexity index is 678. The van der Waals surface area contributed by atoms with Crippen molar-refractivity contribution in [3.63, 3.8) is 0 Å². The molecule has 1 aromatic heterocycles. The Balaban J connectivity index is 1.44. The first kappa shape index (κ1) is 14.2. The van der Waals surface area contributed by atoms with Crippen molar-refractivity contribution < 1.29 is 0 Å². The zero-order valence-electron chi connectivity index (χ0n) is 12.6. The van der Waals surface area contributed by atoms with Gasteiger partial charge in [-0.05, 0) is 37.1 Å². The van der Waals surface area contributed by atoms with Gasteiger partial charge in [0.05, 0.1) is 0 Å². The first-order chi connectivity index (χ1) is 10.7. The number of hydrogen-bond acceptors (Lipinski definition) is 4. The number of nitrogens with zero attached hydrogens (tertiary/aromatic N) is 4. The van der Waals surface area contributed by atoms with Crippen LogP contribution in [0.3, 0.4) is 0 Å². The summed E-state index contributed by atoms with van der Waals surface area (Å²) in [5, 5.41) is 0. The van der Waals surface area contributed by atoms with E-state index in [1.807, 2.05) is 19.2 Å². The maximum atomic E-state index is 4.56. The fourth-order valence-corrected chi connectivity index (χ4v) is 4.05. The number of halogens is 1. The number of benzene rings is 1. The van der Waals surface area contributed by atoms with Crippen LogP contribution in [-0.4, -0.2) is 40.0 Å². The van der Waals surface area contributed by atoms with Crippen LogP contribution >= 0.6 is 15.9 Å². The Hall–Kier alpha value is -1.46. The summed E-state index contributed by atoms with van der Waals surface area (Å²) in [6.07, 6.45) is 3.17. The van der Waals surface area contributed by atoms with Crippen LogP contribution in [-0.2, 0) is 6.54 Å². The maximum Gasteiger partial charge on any atom is 0.132 e. The molecule has 3 fully saturated rings. The molecule has 3 aliphatic heterocycles. The predicted octanol–water partition coefficient (Wildman–Crippen LogP) is 3.01. The second kappa shape index (κ2) is 5.63. The van der Waals surface area contributed by atoms with Gasteiger partial charge in [-0.25, -0.2) is 9.97 Å². The summed E-state index contributed by atoms with van der Waals surface area (Å²) in [7, 11) is 0. The molecule has 2 aromatic rings. The van der Waals surface area contributed by atoms with Crippen LogP contribution in [0.15, 0.2) is 41.0 Å². The van der Waals surface area contributed by atoms with Gasteiger partial charge in [0.1, 0.15) is 11.6 Å². The molecule has 22 heavy (non-hydrogen) atoms. The van der Waals surface area contributed by atoms with Gasteiger partial charge in [0.25, 0.3) is 0 Å². The van der Waals surface area contributed by atoms with Crippen molar-refractivity contribution in [1.82, 2.24) is 14.9 Å². The summed E-state index contributed by atoms with van der Waals surface area (Å²) in [5.41, 5.74) is 1.38. The molecule has 1 aromatic carbocycles. The molecule has 4 heterocycles. The fourth-order valence-electron chi connectivity index (χ4n) is 3.60. The van der Waals surface area contributed by atoms with Crippen molar-refractivity contribution in [3.8, 4) is 0 Å². The van der Waals surface area contributed by atoms with Gasteiger partial charge < -0.3 is 4.90 Å². The normalized spacial score (nSPS) is 24.2. The smallest absolute Gasteiger partial charge is 0.132 e. The summed E-state index contributed by atoms with van der Waals surface area (Å²) in [5.74, 6) is 1.92. The molecule has 0 amide bonds. The minimum absolute atomic E-state index is 0.646. The van der Waals surface area contributed by atoms with E-state index in [-0.39, 0.29) is 0 Å². The van der Waals surface area contributed by atoms with E-state index in [0.717, 1.165) is 35.7 Å². The van der Waals surface area contributed by atoms with Crippen LogP contribution in [0.4, 0.5) is 5.82 Å². The Kier molecular flexibility index (Phi) is 3.62. The van der Waals surface area contributed by atoms with Crippen molar-refractivity contribution in [1.29, 1.82) is 0 Å². The first-order valence-electron chi connectivity index (χ1n) is 7.74. The zero-order valence-corrected chi connectivity index (χ0v) is 14.2. The Morgan fingerprint density at radius 1 is 1.23 bits per heavy atom. The van der Waals surface area contributed by atoms with Gasteiger partial charge >= 0.3 is 0 Å². The van der Waals surface area contributed by atoms with Crippen LogP contribution < -0.4 is 4.90 Å². The van der Waals surface area contributed by atoms with E-state index in [1.54, 1.807) is 0 Å². The monoisotopic (exact) mass is 358 g/mol. The molecule has 4 nitrogen and oxygen atoms in total. The lowest BCUT2D eigenvalue weighted by Gasteiger charge is -2.56. The molecule has 2 atom stereocenters. The average Bonchev–Trinajstić information content (AvgIpc) is 2.53. The van der Waals surface area contributed by atoms with E-state index < -0.39 is 0 Å². The van der Waals surface area contributed by atoms with Gasteiger partial charge in [0, 0.05) is 42.4 Å². The molecular formula is C17H19BrN4. The van der Waals surface area contributed by atoms with Crippen molar-refractivity contribution in [3.05, 3.63) is 52.4 Å². The highest BCUT2D eigenvalue weighted by Crippen LogP contribution is 2.35. The maximum absolute atomic E-state index is 4.56. The standard InChI is InChI=1S/C17H19BrN4/c1-12-19-6-5-17(20-12)21-10-15-8-16(11-21)22(15)9-13-3-2-4-14(18)7-13/h2-7,15-16H,8-11H2,1H3. The molecule has 0 spiro atoms. The molecular weight excluding hydrogens is 340 g/mol. The minimum atomic E-state index is 0.646. The van der Waals surface area contributed by atoms with E-state index in [1.165, 1.54) is 12.0 Å². The number of aromatic nitrogens is 2. The number of piperidine rings is 1. The SMILES string of the molecule is Cc1nccc(N2CC3CC(C2)N3Cc2cccc(Br)c2)n1. The summed E-state index contributed by atoms with van der Waals surface area (Å²) >= 11 is 3.56. The number of hydrogen-bond donors (Lipinski definition) is 0. The van der Waals surface area contributed by atoms with Crippen LogP contribution in [0.25, 0.3) is 0 Å². The van der Waals surface area contributed by atoms with Crippen molar-refractivity contribution in [2.24, 2.45) is 0 Å². The van der Waals surface area contributed by atoms with Crippen LogP contribution in [0.1, 0.15) is 17.8 Å². The van der Waals surface area contributed by atoms with Crippen LogP contribution in [0.5, 0.6) is 0 Å². The third kappa shape index (κ3) is 2.63. The van der Waals surface area contributed by atoms with Crippen molar-refractivity contribution in [2.45, 2.75) is 32.0 Å². The number of fused-ring (bicyclic) bond motifs is 2. The van der Waals surface area contributed by atoms with E-state index in [0.29, 0.717) is 12.1 Å². The summed E-state index contributed by atoms with van der Waals surface area (Å²) in [6, 6.07) is 12.0. The van der Waals surface area contributed by atoms with E-state index in [2.05, 4.69) is 60.0 Å². The molecule has 3 saturated heterocycles.